The zero-order valence-corrected chi connectivity index (χ0v) is 59.6. The van der Waals surface area contributed by atoms with Gasteiger partial charge < -0.3 is 125 Å². The number of nitrogens with two attached hydrogens (primary N) is 9. The molecule has 0 saturated carbocycles. The van der Waals surface area contributed by atoms with Gasteiger partial charge in [-0.25, -0.2) is 0 Å². The number of carbonyl (C=O) groups excluding carboxylic acids is 13. The van der Waals surface area contributed by atoms with Crippen molar-refractivity contribution >= 4 is 94.7 Å². The number of guanidine groups is 1. The first kappa shape index (κ1) is 92.3. The molecule has 0 aliphatic carbocycles. The average molecular weight is 1480 g/mol. The second kappa shape index (κ2) is 51.4. The highest BCUT2D eigenvalue weighted by atomic mass is 16.4. The van der Waals surface area contributed by atoms with Crippen LogP contribution >= 0.6 is 0 Å². The fraction of sp³-hybridized carbons (Fsp3) is 0.662. The molecule has 0 bridgehead atoms. The molecule has 586 valence electrons. The Morgan fingerprint density at radius 2 is 0.779 bits per heavy atom. The molecule has 104 heavy (non-hydrogen) atoms. The van der Waals surface area contributed by atoms with Gasteiger partial charge in [-0.3, -0.25) is 76.9 Å². The molecule has 0 aliphatic rings. The number of aliphatic hydroxyl groups is 1. The molecule has 1 rings (SSSR count). The van der Waals surface area contributed by atoms with Gasteiger partial charge in [-0.2, -0.15) is 0 Å². The van der Waals surface area contributed by atoms with Crippen LogP contribution in [-0.2, 0) is 78.3 Å². The van der Waals surface area contributed by atoms with Gasteiger partial charge >= 0.3 is 11.9 Å². The van der Waals surface area contributed by atoms with Gasteiger partial charge in [0.25, 0.3) is 0 Å². The van der Waals surface area contributed by atoms with Crippen LogP contribution in [0.1, 0.15) is 155 Å². The van der Waals surface area contributed by atoms with Crippen LogP contribution in [-0.4, -0.2) is 222 Å². The summed E-state index contributed by atoms with van der Waals surface area (Å²) in [6.07, 6.45) is -0.476. The predicted molar refractivity (Wildman–Crippen MR) is 380 cm³/mol. The van der Waals surface area contributed by atoms with E-state index in [9.17, 15) is 87.2 Å². The third-order valence-electron chi connectivity index (χ3n) is 16.5. The van der Waals surface area contributed by atoms with Crippen molar-refractivity contribution in [2.45, 2.75) is 228 Å². The second-order valence-corrected chi connectivity index (χ2v) is 25.2. The van der Waals surface area contributed by atoms with Crippen molar-refractivity contribution in [3.63, 3.8) is 0 Å². The lowest BCUT2D eigenvalue weighted by molar-refractivity contribution is -0.141. The number of aliphatic hydroxyl groups excluding tert-OH is 1. The maximum Gasteiger partial charge on any atom is 0.305 e. The minimum absolute atomic E-state index is 0.0361. The first-order valence-electron chi connectivity index (χ1n) is 34.9. The van der Waals surface area contributed by atoms with E-state index in [0.29, 0.717) is 31.2 Å². The lowest BCUT2D eigenvalue weighted by atomic mass is 9.97. The van der Waals surface area contributed by atoms with Crippen LogP contribution < -0.4 is 110 Å². The fourth-order valence-electron chi connectivity index (χ4n) is 10.3. The molecule has 0 aliphatic heterocycles. The molecule has 0 heterocycles. The van der Waals surface area contributed by atoms with Crippen LogP contribution in [0.2, 0.25) is 0 Å². The number of carboxylic acid groups (broad SMARTS) is 2. The number of aliphatic imine (C=N–C) groups is 1. The highest BCUT2D eigenvalue weighted by Crippen LogP contribution is 2.15. The number of amides is 13. The van der Waals surface area contributed by atoms with Crippen LogP contribution in [0, 0.1) is 5.92 Å². The molecule has 13 amide bonds. The standard InChI is InChI=1S/C65H113N21O18/c1-4-36(2)52(86-61(101)44(22-11-15-31-69)81-57(97)42(20-9-13-29-67)80-58(98)43(21-10-14-30-68)82-63(103)48(34-51(91)92)84-55(95)39(70)35-87)64(104)76-37(3)54(94)78-46(24-26-49(71)88)60(100)85-47(33-38-17-6-5-7-18-38)62(102)83-45(23-16-32-75-65(73)74)59(99)79-41(19-8-12-28-66)56(96)77-40(53(72)93)25-27-50(89)90/h5-7,17-18,36-37,39-48,52,87H,4,8-16,19-35,66-70H2,1-3H3,(H2,71,88)(H2,72,93)(H,76,104)(H,77,96)(H,78,94)(H,79,99)(H,80,98)(H,81,97)(H,82,103)(H,83,102)(H,84,95)(H,85,100)(H,86,101)(H,89,90)(H,91,92)(H4,73,74,75)/t36-,37-,39-,40-,41-,42-,43-,44-,45-,46-,47-,48-,52-/m0/s1. The number of nitrogens with zero attached hydrogens (tertiary/aromatic N) is 1. The van der Waals surface area contributed by atoms with Gasteiger partial charge in [0.05, 0.1) is 13.0 Å². The molecular formula is C65H113N21O18. The lowest BCUT2D eigenvalue weighted by Gasteiger charge is -2.29. The van der Waals surface area contributed by atoms with E-state index >= 15 is 0 Å². The van der Waals surface area contributed by atoms with Crippen LogP contribution in [0.15, 0.2) is 35.3 Å². The van der Waals surface area contributed by atoms with E-state index in [-0.39, 0.29) is 122 Å². The summed E-state index contributed by atoms with van der Waals surface area (Å²) in [5, 5.41) is 56.0. The van der Waals surface area contributed by atoms with Gasteiger partial charge in [-0.15, -0.1) is 0 Å². The Morgan fingerprint density at radius 1 is 0.413 bits per heavy atom. The number of unbranched alkanes of at least 4 members (excludes halogenated alkanes) is 4. The molecule has 0 radical (unpaired) electrons. The molecule has 13 atom stereocenters. The minimum atomic E-state index is -1.76. The number of hydrogen-bond donors (Lipinski definition) is 23. The molecule has 1 aromatic rings. The van der Waals surface area contributed by atoms with Gasteiger partial charge in [0.15, 0.2) is 5.96 Å². The van der Waals surface area contributed by atoms with E-state index in [4.69, 9.17) is 51.6 Å². The number of primary amides is 2. The monoisotopic (exact) mass is 1480 g/mol. The third kappa shape index (κ3) is 37.5. The van der Waals surface area contributed by atoms with Crippen molar-refractivity contribution in [3.05, 3.63) is 35.9 Å². The van der Waals surface area contributed by atoms with E-state index in [0.717, 1.165) is 0 Å². The summed E-state index contributed by atoms with van der Waals surface area (Å²) in [4.78, 5) is 206. The number of benzene rings is 1. The summed E-state index contributed by atoms with van der Waals surface area (Å²) >= 11 is 0. The zero-order valence-electron chi connectivity index (χ0n) is 59.6. The molecule has 0 spiro atoms. The van der Waals surface area contributed by atoms with E-state index in [1.807, 2.05) is 0 Å². The van der Waals surface area contributed by atoms with Crippen molar-refractivity contribution in [2.24, 2.45) is 62.5 Å². The van der Waals surface area contributed by atoms with Gasteiger partial charge in [-0.05, 0) is 147 Å². The van der Waals surface area contributed by atoms with Crippen molar-refractivity contribution in [2.75, 3.05) is 39.3 Å². The van der Waals surface area contributed by atoms with E-state index in [1.165, 1.54) is 6.92 Å². The van der Waals surface area contributed by atoms with E-state index < -0.39 is 199 Å². The summed E-state index contributed by atoms with van der Waals surface area (Å²) in [5.41, 5.74) is 51.1. The number of aliphatic carboxylic acids is 2. The number of rotatable bonds is 56. The summed E-state index contributed by atoms with van der Waals surface area (Å²) in [5.74, 6) is -16.2. The minimum Gasteiger partial charge on any atom is -0.481 e. The Bertz CT molecular complexity index is 2980. The molecule has 0 saturated heterocycles. The summed E-state index contributed by atoms with van der Waals surface area (Å²) in [6.45, 7) is 4.48. The Morgan fingerprint density at radius 3 is 1.16 bits per heavy atom. The van der Waals surface area contributed by atoms with Gasteiger partial charge in [0.2, 0.25) is 76.8 Å². The van der Waals surface area contributed by atoms with Crippen molar-refractivity contribution in [1.29, 1.82) is 0 Å². The molecule has 39 heteroatoms. The third-order valence-corrected chi connectivity index (χ3v) is 16.5. The molecular weight excluding hydrogens is 1360 g/mol. The highest BCUT2D eigenvalue weighted by Gasteiger charge is 2.38. The Balaban J connectivity index is 3.71. The average Bonchev–Trinajstić information content (AvgIpc) is 0.858. The maximum absolute atomic E-state index is 14.6. The molecule has 0 aromatic heterocycles. The first-order chi connectivity index (χ1) is 49.3. The van der Waals surface area contributed by atoms with Crippen molar-refractivity contribution in [3.8, 4) is 0 Å². The largest absolute Gasteiger partial charge is 0.481 e. The SMILES string of the molecule is CC[C@H](C)[C@H](NC(=O)[C@H](CCCCN)NC(=O)[C@H](CCCCN)NC(=O)[C@H](CCCCN)NC(=O)[C@H](CC(=O)O)NC(=O)[C@@H](N)CO)C(=O)N[C@@H](C)C(=O)N[C@@H](CCC(N)=O)C(=O)N[C@@H](Cc1ccccc1)C(=O)N[C@@H](CCCN=C(N)N)C(=O)N[C@@H](CCCCN)C(=O)N[C@@H](CCC(=O)O)C(N)=O. The van der Waals surface area contributed by atoms with Gasteiger partial charge in [0, 0.05) is 25.8 Å². The smallest absolute Gasteiger partial charge is 0.305 e. The summed E-state index contributed by atoms with van der Waals surface area (Å²) in [7, 11) is 0. The maximum atomic E-state index is 14.6. The molecule has 0 fully saturated rings. The number of nitrogens with one attached hydrogen (secondary N) is 11. The Kier molecular flexibility index (Phi) is 45.7. The van der Waals surface area contributed by atoms with Crippen molar-refractivity contribution in [1.82, 2.24) is 58.5 Å². The van der Waals surface area contributed by atoms with Crippen molar-refractivity contribution < 1.29 is 87.2 Å². The van der Waals surface area contributed by atoms with Crippen LogP contribution in [0.25, 0.3) is 0 Å². The predicted octanol–water partition coefficient (Wildman–Crippen LogP) is -7.39. The number of hydrogen-bond acceptors (Lipinski definition) is 22. The normalized spacial score (nSPS) is 14.8. The first-order valence-corrected chi connectivity index (χ1v) is 34.9. The van der Waals surface area contributed by atoms with E-state index in [1.54, 1.807) is 44.2 Å². The molecule has 39 nitrogen and oxygen atoms in total. The van der Waals surface area contributed by atoms with Crippen LogP contribution in [0.3, 0.4) is 0 Å². The Labute approximate surface area is 604 Å². The van der Waals surface area contributed by atoms with Crippen LogP contribution in [0.4, 0.5) is 0 Å². The summed E-state index contributed by atoms with van der Waals surface area (Å²) < 4.78 is 0. The zero-order chi connectivity index (χ0) is 78.4. The number of carbonyl (C=O) groups is 15. The fourth-order valence-corrected chi connectivity index (χ4v) is 10.3. The van der Waals surface area contributed by atoms with Crippen LogP contribution in [0.5, 0.6) is 0 Å². The second-order valence-electron chi connectivity index (χ2n) is 25.2. The molecule has 0 unspecified atom stereocenters. The van der Waals surface area contributed by atoms with Gasteiger partial charge in [0.1, 0.15) is 72.5 Å². The Hall–Kier alpha value is -9.70. The highest BCUT2D eigenvalue weighted by molar-refractivity contribution is 6.00. The summed E-state index contributed by atoms with van der Waals surface area (Å²) in [6, 6.07) is -9.67. The molecule has 32 N–H and O–H groups in total. The van der Waals surface area contributed by atoms with Gasteiger partial charge in [-0.1, -0.05) is 50.6 Å². The number of carboxylic acids is 2. The molecule has 1 aromatic carbocycles. The van der Waals surface area contributed by atoms with E-state index in [2.05, 4.69) is 63.5 Å². The lowest BCUT2D eigenvalue weighted by Crippen LogP contribution is -2.61. The topological polar surface area (TPSA) is 696 Å². The quantitative estimate of drug-likeness (QED) is 0.0164.